The monoisotopic (exact) mass is 837 g/mol. The van der Waals surface area contributed by atoms with E-state index in [0.29, 0.717) is 33.6 Å². The van der Waals surface area contributed by atoms with E-state index in [-0.39, 0.29) is 47.3 Å². The summed E-state index contributed by atoms with van der Waals surface area (Å²) in [4.78, 5) is -0.512. The van der Waals surface area contributed by atoms with Gasteiger partial charge in [-0.2, -0.15) is 32.2 Å². The molecule has 0 heterocycles. The molecule has 0 saturated heterocycles. The minimum Gasteiger partial charge on any atom is -0.505 e. The fraction of sp³-hybridized carbons (Fsp3) is 0.171. The first kappa shape index (κ1) is 42.0. The summed E-state index contributed by atoms with van der Waals surface area (Å²) in [6, 6.07) is 29.5. The molecule has 0 fully saturated rings. The Bertz CT molecular complexity index is 2850. The molecule has 0 aliphatic rings. The molecular weight excluding hydrogens is 799 g/mol. The third kappa shape index (κ3) is 10.9. The Hall–Kier alpha value is -6.60. The number of nitrogens with zero attached hydrogens (tertiary/aromatic N) is 6. The van der Waals surface area contributed by atoms with Crippen molar-refractivity contribution >= 4 is 76.5 Å². The molecule has 59 heavy (non-hydrogen) atoms. The predicted molar refractivity (Wildman–Crippen MR) is 224 cm³/mol. The first-order valence-electron chi connectivity index (χ1n) is 17.9. The highest BCUT2D eigenvalue weighted by Gasteiger charge is 2.18. The van der Waals surface area contributed by atoms with Crippen molar-refractivity contribution in [1.29, 1.82) is 0 Å². The molecule has 0 atom stereocenters. The number of azo groups is 3. The quantitative estimate of drug-likeness (QED) is 0.0434. The van der Waals surface area contributed by atoms with Crippen LogP contribution in [0, 0.1) is 20.8 Å². The first-order chi connectivity index (χ1) is 28.1. The highest BCUT2D eigenvalue weighted by Crippen LogP contribution is 2.40. The van der Waals surface area contributed by atoms with E-state index in [2.05, 4.69) is 36.0 Å². The summed E-state index contributed by atoms with van der Waals surface area (Å²) in [5, 5.41) is 41.8. The Balaban J connectivity index is 1.24. The minimum atomic E-state index is -4.68. The van der Waals surface area contributed by atoms with E-state index in [4.69, 9.17) is 14.0 Å². The van der Waals surface area contributed by atoms with Crippen LogP contribution in [0.15, 0.2) is 139 Å². The van der Waals surface area contributed by atoms with Gasteiger partial charge < -0.3 is 19.9 Å². The lowest BCUT2D eigenvalue weighted by molar-refractivity contribution is 0.317. The van der Waals surface area contributed by atoms with Gasteiger partial charge in [-0.3, -0.25) is 9.11 Å². The Morgan fingerprint density at radius 3 is 1.81 bits per heavy atom. The summed E-state index contributed by atoms with van der Waals surface area (Å²) in [5.74, 6) is -0.207. The number of anilines is 2. The van der Waals surface area contributed by atoms with Gasteiger partial charge in [0.15, 0.2) is 5.75 Å². The van der Waals surface area contributed by atoms with Gasteiger partial charge in [0.05, 0.1) is 36.5 Å². The number of aryl methyl sites for hydroxylation is 3. The van der Waals surface area contributed by atoms with Gasteiger partial charge in [0.1, 0.15) is 33.5 Å². The van der Waals surface area contributed by atoms with Crippen molar-refractivity contribution in [1.82, 2.24) is 0 Å². The number of nitrogens with one attached hydrogen (secondary N) is 1. The molecule has 0 radical (unpaired) electrons. The zero-order valence-electron chi connectivity index (χ0n) is 32.2. The maximum atomic E-state index is 12.0. The highest BCUT2D eigenvalue weighted by molar-refractivity contribution is 7.86. The number of aromatic hydroxyl groups is 1. The third-order valence-corrected chi connectivity index (χ3v) is 10.6. The molecule has 0 aromatic heterocycles. The van der Waals surface area contributed by atoms with Crippen LogP contribution in [0.1, 0.15) is 23.1 Å². The summed E-state index contributed by atoms with van der Waals surface area (Å²) in [6.45, 7) is 5.24. The molecule has 0 saturated carbocycles. The van der Waals surface area contributed by atoms with Crippen molar-refractivity contribution in [3.05, 3.63) is 120 Å². The van der Waals surface area contributed by atoms with Crippen LogP contribution in [-0.2, 0) is 20.2 Å². The molecule has 0 aliphatic heterocycles. The molecule has 0 unspecified atom stereocenters. The lowest BCUT2D eigenvalue weighted by Crippen LogP contribution is -2.08. The standard InChI is InChI=1S/C41H39N7O9S2/c1-25-20-36(26(2)19-35(25)45-44-34-15-11-28-22-30(12-14-32(28)41(34)49)42-29-9-6-5-7-10-29)46-48-38-21-27(3)37(24-39(38)57-17-8-18-58(50,51)52)47-43-33-16-13-31(56-4)23-40(33)59(53,54)55/h5-7,9-16,19-24,42,49H,8,17-18H2,1-4H3,(H,50,51,52)(H,53,54,55). The Kier molecular flexibility index (Phi) is 12.7. The van der Waals surface area contributed by atoms with Crippen LogP contribution in [0.2, 0.25) is 0 Å². The van der Waals surface area contributed by atoms with E-state index >= 15 is 0 Å². The minimum absolute atomic E-state index is 0.000291. The van der Waals surface area contributed by atoms with E-state index in [0.717, 1.165) is 28.4 Å². The molecule has 4 N–H and O–H groups in total. The van der Waals surface area contributed by atoms with Crippen LogP contribution in [0.5, 0.6) is 17.2 Å². The number of benzene rings is 6. The predicted octanol–water partition coefficient (Wildman–Crippen LogP) is 11.4. The molecule has 6 rings (SSSR count). The van der Waals surface area contributed by atoms with Gasteiger partial charge in [-0.15, -0.1) is 15.3 Å². The molecule has 0 spiro atoms. The van der Waals surface area contributed by atoms with Crippen LogP contribution in [0.3, 0.4) is 0 Å². The summed E-state index contributed by atoms with van der Waals surface area (Å²) in [6.07, 6.45) is -0.0395. The van der Waals surface area contributed by atoms with Gasteiger partial charge in [-0.05, 0) is 116 Å². The first-order valence-corrected chi connectivity index (χ1v) is 21.0. The molecule has 304 valence electrons. The lowest BCUT2D eigenvalue weighted by Gasteiger charge is -2.11. The van der Waals surface area contributed by atoms with Crippen molar-refractivity contribution in [2.75, 3.05) is 24.8 Å². The second kappa shape index (κ2) is 17.9. The molecule has 6 aromatic carbocycles. The van der Waals surface area contributed by atoms with Gasteiger partial charge in [-0.1, -0.05) is 24.3 Å². The van der Waals surface area contributed by atoms with Crippen LogP contribution in [0.4, 0.5) is 45.5 Å². The second-order valence-electron chi connectivity index (χ2n) is 13.3. The SMILES string of the molecule is COc1ccc(N=Nc2cc(OCCCS(=O)(=O)O)c(N=Nc3cc(C)c(N=Nc4ccc5cc(Nc6ccccc6)ccc5c4O)cc3C)cc2C)c(S(=O)(=O)O)c1. The third-order valence-electron chi connectivity index (χ3n) is 8.87. The van der Waals surface area contributed by atoms with E-state index < -0.39 is 30.9 Å². The van der Waals surface area contributed by atoms with Gasteiger partial charge in [-0.25, -0.2) is 0 Å². The summed E-state index contributed by atoms with van der Waals surface area (Å²) in [5.41, 5.74) is 5.50. The lowest BCUT2D eigenvalue weighted by atomic mass is 10.1. The Labute approximate surface area is 340 Å². The molecule has 0 amide bonds. The van der Waals surface area contributed by atoms with Crippen LogP contribution < -0.4 is 14.8 Å². The maximum absolute atomic E-state index is 12.0. The van der Waals surface area contributed by atoms with E-state index in [1.54, 1.807) is 31.2 Å². The molecular formula is C41H39N7O9S2. The molecule has 0 aliphatic carbocycles. The summed E-state index contributed by atoms with van der Waals surface area (Å²) in [7, 11) is -7.56. The average molecular weight is 838 g/mol. The molecule has 0 bridgehead atoms. The van der Waals surface area contributed by atoms with Crippen molar-refractivity contribution < 1.29 is 40.5 Å². The normalized spacial score (nSPS) is 12.2. The van der Waals surface area contributed by atoms with Crippen molar-refractivity contribution in [3.8, 4) is 17.2 Å². The number of rotatable bonds is 15. The van der Waals surface area contributed by atoms with Crippen LogP contribution >= 0.6 is 0 Å². The fourth-order valence-electron chi connectivity index (χ4n) is 5.77. The summed E-state index contributed by atoms with van der Waals surface area (Å²) < 4.78 is 76.5. The Morgan fingerprint density at radius 2 is 1.19 bits per heavy atom. The van der Waals surface area contributed by atoms with Crippen LogP contribution in [0.25, 0.3) is 10.8 Å². The molecule has 16 nitrogen and oxygen atoms in total. The average Bonchev–Trinajstić information content (AvgIpc) is 3.19. The van der Waals surface area contributed by atoms with E-state index in [1.807, 2.05) is 68.4 Å². The number of phenols is 1. The number of para-hydroxylation sites is 1. The van der Waals surface area contributed by atoms with Crippen molar-refractivity contribution in [2.45, 2.75) is 32.1 Å². The Morgan fingerprint density at radius 1 is 0.610 bits per heavy atom. The number of phenolic OH excluding ortho intramolecular Hbond substituents is 1. The number of ether oxygens (including phenoxy) is 2. The summed E-state index contributed by atoms with van der Waals surface area (Å²) >= 11 is 0. The largest absolute Gasteiger partial charge is 0.505 e. The van der Waals surface area contributed by atoms with E-state index in [1.165, 1.54) is 25.3 Å². The second-order valence-corrected chi connectivity index (χ2v) is 16.3. The zero-order valence-corrected chi connectivity index (χ0v) is 33.9. The topological polar surface area (TPSA) is 234 Å². The van der Waals surface area contributed by atoms with Gasteiger partial charge in [0, 0.05) is 28.9 Å². The zero-order chi connectivity index (χ0) is 42.3. The van der Waals surface area contributed by atoms with Crippen molar-refractivity contribution in [3.63, 3.8) is 0 Å². The van der Waals surface area contributed by atoms with E-state index in [9.17, 15) is 26.5 Å². The van der Waals surface area contributed by atoms with Gasteiger partial charge in [0.2, 0.25) is 0 Å². The van der Waals surface area contributed by atoms with Gasteiger partial charge in [0.25, 0.3) is 20.2 Å². The number of fused-ring (bicyclic) bond motifs is 1. The van der Waals surface area contributed by atoms with Crippen LogP contribution in [-0.4, -0.2) is 50.5 Å². The number of methoxy groups -OCH3 is 1. The number of hydrogen-bond acceptors (Lipinski definition) is 14. The van der Waals surface area contributed by atoms with Crippen molar-refractivity contribution in [2.24, 2.45) is 30.7 Å². The maximum Gasteiger partial charge on any atom is 0.296 e. The fourth-order valence-corrected chi connectivity index (χ4v) is 6.89. The highest BCUT2D eigenvalue weighted by atomic mass is 32.2. The smallest absolute Gasteiger partial charge is 0.296 e. The van der Waals surface area contributed by atoms with Gasteiger partial charge >= 0.3 is 0 Å². The number of hydrogen-bond donors (Lipinski definition) is 4. The molecule has 6 aromatic rings. The molecule has 18 heteroatoms.